The van der Waals surface area contributed by atoms with Gasteiger partial charge in [-0.05, 0) is 58.2 Å². The molecule has 32 heavy (non-hydrogen) atoms. The van der Waals surface area contributed by atoms with E-state index in [4.69, 9.17) is 16.6 Å². The molecule has 1 N–H and O–H groups in total. The monoisotopic (exact) mass is 450 g/mol. The van der Waals surface area contributed by atoms with Crippen molar-refractivity contribution in [3.05, 3.63) is 65.2 Å². The van der Waals surface area contributed by atoms with Gasteiger partial charge in [-0.15, -0.1) is 0 Å². The Morgan fingerprint density at radius 1 is 1.06 bits per heavy atom. The number of hydrogen-bond acceptors (Lipinski definition) is 4. The number of nitrogens with one attached hydrogen (secondary N) is 1. The van der Waals surface area contributed by atoms with Gasteiger partial charge in [-0.3, -0.25) is 0 Å². The summed E-state index contributed by atoms with van der Waals surface area (Å²) in [6.07, 6.45) is 2.31. The van der Waals surface area contributed by atoms with E-state index >= 15 is 0 Å². The van der Waals surface area contributed by atoms with Gasteiger partial charge in [0.1, 0.15) is 5.82 Å². The van der Waals surface area contributed by atoms with Crippen molar-refractivity contribution >= 4 is 34.0 Å². The summed E-state index contributed by atoms with van der Waals surface area (Å²) in [6, 6.07) is 19.4. The summed E-state index contributed by atoms with van der Waals surface area (Å²) in [6.45, 7) is 12.7. The first-order chi connectivity index (χ1) is 15.3. The predicted molar refractivity (Wildman–Crippen MR) is 138 cm³/mol. The van der Waals surface area contributed by atoms with Crippen molar-refractivity contribution in [1.29, 1.82) is 0 Å². The largest absolute Gasteiger partial charge is 0.371 e. The third kappa shape index (κ3) is 5.36. The van der Waals surface area contributed by atoms with Crippen LogP contribution in [-0.2, 0) is 6.54 Å². The maximum atomic E-state index is 6.46. The van der Waals surface area contributed by atoms with Gasteiger partial charge in [0.05, 0.1) is 5.52 Å². The Morgan fingerprint density at radius 2 is 1.75 bits per heavy atom. The van der Waals surface area contributed by atoms with Crippen molar-refractivity contribution in [2.75, 3.05) is 29.4 Å². The second-order valence-electron chi connectivity index (χ2n) is 9.78. The Kier molecular flexibility index (Phi) is 6.92. The number of pyridine rings is 1. The minimum Gasteiger partial charge on any atom is -0.371 e. The lowest BCUT2D eigenvalue weighted by Gasteiger charge is -2.38. The molecule has 0 bridgehead atoms. The fourth-order valence-corrected chi connectivity index (χ4v) is 4.83. The van der Waals surface area contributed by atoms with Gasteiger partial charge in [-0.25, -0.2) is 4.98 Å². The van der Waals surface area contributed by atoms with Gasteiger partial charge >= 0.3 is 0 Å². The van der Waals surface area contributed by atoms with Gasteiger partial charge in [0.2, 0.25) is 0 Å². The molecular formula is C27H35ClN4. The molecule has 1 aliphatic heterocycles. The number of hydrogen-bond donors (Lipinski definition) is 1. The molecule has 1 fully saturated rings. The summed E-state index contributed by atoms with van der Waals surface area (Å²) in [5.41, 5.74) is 3.62. The zero-order valence-electron chi connectivity index (χ0n) is 19.7. The summed E-state index contributed by atoms with van der Waals surface area (Å²) < 4.78 is 0. The Morgan fingerprint density at radius 3 is 2.44 bits per heavy atom. The van der Waals surface area contributed by atoms with Crippen molar-refractivity contribution in [3.8, 4) is 0 Å². The highest BCUT2D eigenvalue weighted by molar-refractivity contribution is 6.31. The highest BCUT2D eigenvalue weighted by Crippen LogP contribution is 2.33. The number of fused-ring (bicyclic) bond motifs is 1. The van der Waals surface area contributed by atoms with Crippen LogP contribution < -0.4 is 15.1 Å². The standard InChI is InChI=1S/C27H35ClN4/c1-5-31(19-20-10-6-8-12-23(20)28)26-18-25(22-11-7-9-13-24(22)29-26)32-16-14-21(15-17-32)30-27(2,3)4/h6-13,18,21,30H,5,14-17,19H2,1-4H3. The Hall–Kier alpha value is -2.30. The molecule has 0 atom stereocenters. The molecule has 4 nitrogen and oxygen atoms in total. The second-order valence-corrected chi connectivity index (χ2v) is 10.2. The van der Waals surface area contributed by atoms with Crippen molar-refractivity contribution in [2.45, 2.75) is 58.7 Å². The van der Waals surface area contributed by atoms with E-state index in [9.17, 15) is 0 Å². The number of nitrogens with zero attached hydrogens (tertiary/aromatic N) is 3. The Balaban J connectivity index is 1.62. The van der Waals surface area contributed by atoms with Gasteiger partial charge in [-0.2, -0.15) is 0 Å². The molecule has 3 aromatic rings. The number of piperidine rings is 1. The molecule has 0 amide bonds. The van der Waals surface area contributed by atoms with Gasteiger partial charge in [0.25, 0.3) is 0 Å². The molecule has 5 heteroatoms. The number of halogens is 1. The molecule has 0 radical (unpaired) electrons. The Labute approximate surface area is 197 Å². The SMILES string of the molecule is CCN(Cc1ccccc1Cl)c1cc(N2CCC(NC(C)(C)C)CC2)c2ccccc2n1. The van der Waals surface area contributed by atoms with Crippen LogP contribution in [0.15, 0.2) is 54.6 Å². The summed E-state index contributed by atoms with van der Waals surface area (Å²) in [4.78, 5) is 9.88. The fraction of sp³-hybridized carbons (Fsp3) is 0.444. The summed E-state index contributed by atoms with van der Waals surface area (Å²) in [5, 5.41) is 5.81. The van der Waals surface area contributed by atoms with E-state index in [1.54, 1.807) is 0 Å². The highest BCUT2D eigenvalue weighted by atomic mass is 35.5. The molecule has 170 valence electrons. The van der Waals surface area contributed by atoms with E-state index in [-0.39, 0.29) is 5.54 Å². The number of rotatable bonds is 6. The molecule has 1 aliphatic rings. The maximum Gasteiger partial charge on any atom is 0.131 e. The molecular weight excluding hydrogens is 416 g/mol. The minimum absolute atomic E-state index is 0.156. The first kappa shape index (κ1) is 22.9. The van der Waals surface area contributed by atoms with Gasteiger partial charge < -0.3 is 15.1 Å². The first-order valence-corrected chi connectivity index (χ1v) is 12.1. The van der Waals surface area contributed by atoms with Crippen LogP contribution in [0.3, 0.4) is 0 Å². The quantitative estimate of drug-likeness (QED) is 0.479. The van der Waals surface area contributed by atoms with Crippen LogP contribution in [0.5, 0.6) is 0 Å². The van der Waals surface area contributed by atoms with E-state index in [1.165, 1.54) is 11.1 Å². The van der Waals surface area contributed by atoms with Crippen LogP contribution in [0.1, 0.15) is 46.1 Å². The molecule has 2 aromatic carbocycles. The van der Waals surface area contributed by atoms with Gasteiger partial charge in [0, 0.05) is 59.9 Å². The average Bonchev–Trinajstić information content (AvgIpc) is 2.77. The second kappa shape index (κ2) is 9.68. The molecule has 2 heterocycles. The van der Waals surface area contributed by atoms with Crippen LogP contribution in [0.4, 0.5) is 11.5 Å². The molecule has 1 saturated heterocycles. The van der Waals surface area contributed by atoms with E-state index in [2.05, 4.69) is 79.2 Å². The average molecular weight is 451 g/mol. The first-order valence-electron chi connectivity index (χ1n) is 11.7. The highest BCUT2D eigenvalue weighted by Gasteiger charge is 2.25. The summed E-state index contributed by atoms with van der Waals surface area (Å²) in [7, 11) is 0. The zero-order valence-corrected chi connectivity index (χ0v) is 20.5. The summed E-state index contributed by atoms with van der Waals surface area (Å²) >= 11 is 6.46. The predicted octanol–water partition coefficient (Wildman–Crippen LogP) is 6.27. The zero-order chi connectivity index (χ0) is 22.7. The maximum absolute atomic E-state index is 6.46. The number of benzene rings is 2. The molecule has 0 unspecified atom stereocenters. The van der Waals surface area contributed by atoms with E-state index in [1.807, 2.05) is 18.2 Å². The third-order valence-corrected chi connectivity index (χ3v) is 6.55. The van der Waals surface area contributed by atoms with Crippen LogP contribution >= 0.6 is 11.6 Å². The van der Waals surface area contributed by atoms with Gasteiger partial charge in [0.15, 0.2) is 0 Å². The fourth-order valence-electron chi connectivity index (χ4n) is 4.63. The van der Waals surface area contributed by atoms with Crippen LogP contribution in [0, 0.1) is 0 Å². The van der Waals surface area contributed by atoms with Gasteiger partial charge in [-0.1, -0.05) is 48.0 Å². The van der Waals surface area contributed by atoms with Crippen molar-refractivity contribution < 1.29 is 0 Å². The lowest BCUT2D eigenvalue weighted by molar-refractivity contribution is 0.317. The van der Waals surface area contributed by atoms with Crippen LogP contribution in [0.2, 0.25) is 5.02 Å². The molecule has 1 aromatic heterocycles. The van der Waals surface area contributed by atoms with Crippen LogP contribution in [-0.4, -0.2) is 36.2 Å². The number of aromatic nitrogens is 1. The smallest absolute Gasteiger partial charge is 0.131 e. The van der Waals surface area contributed by atoms with Crippen LogP contribution in [0.25, 0.3) is 10.9 Å². The van der Waals surface area contributed by atoms with Crippen molar-refractivity contribution in [2.24, 2.45) is 0 Å². The normalized spacial score (nSPS) is 15.3. The Bertz CT molecular complexity index is 1050. The molecule has 4 rings (SSSR count). The third-order valence-electron chi connectivity index (χ3n) is 6.18. The number of anilines is 2. The molecule has 0 spiro atoms. The van der Waals surface area contributed by atoms with Crippen molar-refractivity contribution in [1.82, 2.24) is 10.3 Å². The summed E-state index contributed by atoms with van der Waals surface area (Å²) in [5.74, 6) is 1.01. The molecule has 0 saturated carbocycles. The van der Waals surface area contributed by atoms with E-state index < -0.39 is 0 Å². The van der Waals surface area contributed by atoms with E-state index in [0.717, 1.165) is 60.9 Å². The topological polar surface area (TPSA) is 31.4 Å². The minimum atomic E-state index is 0.156. The van der Waals surface area contributed by atoms with Crippen molar-refractivity contribution in [3.63, 3.8) is 0 Å². The lowest BCUT2D eigenvalue weighted by Crippen LogP contribution is -2.49. The van der Waals surface area contributed by atoms with E-state index in [0.29, 0.717) is 6.04 Å². The lowest BCUT2D eigenvalue weighted by atomic mass is 9.99. The molecule has 0 aliphatic carbocycles. The number of para-hydroxylation sites is 1.